The summed E-state index contributed by atoms with van der Waals surface area (Å²) in [6.07, 6.45) is -4.36. The molecule has 0 aliphatic carbocycles. The summed E-state index contributed by atoms with van der Waals surface area (Å²) in [4.78, 5) is 16.1. The van der Waals surface area contributed by atoms with Crippen molar-refractivity contribution in [1.29, 1.82) is 0 Å². The Bertz CT molecular complexity index is 853. The molecule has 0 radical (unpaired) electrons. The molecule has 0 spiro atoms. The Kier molecular flexibility index (Phi) is 6.37. The molecule has 0 saturated carbocycles. The lowest BCUT2D eigenvalue weighted by molar-refractivity contribution is -0.137. The van der Waals surface area contributed by atoms with Crippen LogP contribution in [0.1, 0.15) is 5.56 Å². The van der Waals surface area contributed by atoms with E-state index < -0.39 is 11.7 Å². The molecule has 0 aromatic heterocycles. The van der Waals surface area contributed by atoms with Gasteiger partial charge in [0.15, 0.2) is 0 Å². The second-order valence-corrected chi connectivity index (χ2v) is 7.33. The predicted octanol–water partition coefficient (Wildman–Crippen LogP) is 4.77. The zero-order chi connectivity index (χ0) is 20.3. The first-order chi connectivity index (χ1) is 13.2. The van der Waals surface area contributed by atoms with Crippen molar-refractivity contribution in [3.8, 4) is 0 Å². The maximum Gasteiger partial charge on any atom is 0.416 e. The van der Waals surface area contributed by atoms with Gasteiger partial charge in [0, 0.05) is 36.9 Å². The van der Waals surface area contributed by atoms with Crippen LogP contribution in [-0.2, 0) is 11.0 Å². The van der Waals surface area contributed by atoms with Gasteiger partial charge in [-0.1, -0.05) is 29.3 Å². The molecule has 0 bridgehead atoms. The summed E-state index contributed by atoms with van der Waals surface area (Å²) in [6, 6.07) is 10.1. The Balaban J connectivity index is 1.53. The smallest absolute Gasteiger partial charge is 0.369 e. The highest BCUT2D eigenvalue weighted by Crippen LogP contribution is 2.32. The molecular weight excluding hydrogens is 414 g/mol. The van der Waals surface area contributed by atoms with E-state index in [-0.39, 0.29) is 12.5 Å². The summed E-state index contributed by atoms with van der Waals surface area (Å²) in [7, 11) is 0. The van der Waals surface area contributed by atoms with E-state index >= 15 is 0 Å². The molecule has 1 heterocycles. The summed E-state index contributed by atoms with van der Waals surface area (Å²) in [5, 5.41) is 3.58. The third-order valence-electron chi connectivity index (χ3n) is 4.48. The molecule has 28 heavy (non-hydrogen) atoms. The fourth-order valence-corrected chi connectivity index (χ4v) is 3.48. The fraction of sp³-hybridized carbons (Fsp3) is 0.316. The van der Waals surface area contributed by atoms with Gasteiger partial charge in [-0.15, -0.1) is 0 Å². The lowest BCUT2D eigenvalue weighted by Crippen LogP contribution is -2.48. The number of alkyl halides is 3. The normalized spacial score (nSPS) is 15.5. The monoisotopic (exact) mass is 431 g/mol. The summed E-state index contributed by atoms with van der Waals surface area (Å²) < 4.78 is 38.6. The molecule has 150 valence electrons. The number of rotatable bonds is 4. The van der Waals surface area contributed by atoms with E-state index in [9.17, 15) is 18.0 Å². The van der Waals surface area contributed by atoms with Gasteiger partial charge in [-0.2, -0.15) is 13.2 Å². The van der Waals surface area contributed by atoms with Crippen LogP contribution in [0.2, 0.25) is 10.0 Å². The highest BCUT2D eigenvalue weighted by atomic mass is 35.5. The molecule has 1 aliphatic heterocycles. The van der Waals surface area contributed by atoms with Crippen LogP contribution >= 0.6 is 23.2 Å². The molecule has 1 N–H and O–H groups in total. The topological polar surface area (TPSA) is 35.6 Å². The fourth-order valence-electron chi connectivity index (χ4n) is 3.03. The molecule has 4 nitrogen and oxygen atoms in total. The van der Waals surface area contributed by atoms with Gasteiger partial charge in [-0.25, -0.2) is 0 Å². The number of benzene rings is 2. The van der Waals surface area contributed by atoms with Gasteiger partial charge in [-0.3, -0.25) is 9.69 Å². The van der Waals surface area contributed by atoms with Crippen molar-refractivity contribution in [3.63, 3.8) is 0 Å². The predicted molar refractivity (Wildman–Crippen MR) is 105 cm³/mol. The van der Waals surface area contributed by atoms with Crippen molar-refractivity contribution in [3.05, 3.63) is 58.1 Å². The lowest BCUT2D eigenvalue weighted by atomic mass is 10.1. The Morgan fingerprint density at radius 3 is 2.39 bits per heavy atom. The molecular formula is C19H18Cl2F3N3O. The SMILES string of the molecule is O=C(CN1CCN(c2cccc(C(F)(F)F)c2)CC1)Nc1ccc(Cl)cc1Cl. The zero-order valence-corrected chi connectivity index (χ0v) is 16.3. The molecule has 3 rings (SSSR count). The molecule has 1 saturated heterocycles. The van der Waals surface area contributed by atoms with Gasteiger partial charge in [0.05, 0.1) is 22.8 Å². The molecule has 2 aromatic rings. The standard InChI is InChI=1S/C19H18Cl2F3N3O/c20-14-4-5-17(16(21)11-14)25-18(28)12-26-6-8-27(9-7-26)15-3-1-2-13(10-15)19(22,23)24/h1-5,10-11H,6-9,12H2,(H,25,28). The van der Waals surface area contributed by atoms with Gasteiger partial charge >= 0.3 is 6.18 Å². The van der Waals surface area contributed by atoms with Gasteiger partial charge in [0.1, 0.15) is 0 Å². The second kappa shape index (κ2) is 8.59. The van der Waals surface area contributed by atoms with Crippen LogP contribution < -0.4 is 10.2 Å². The van der Waals surface area contributed by atoms with Gasteiger partial charge < -0.3 is 10.2 Å². The Hall–Kier alpha value is -1.96. The maximum absolute atomic E-state index is 12.9. The first-order valence-electron chi connectivity index (χ1n) is 8.62. The van der Waals surface area contributed by atoms with E-state index in [1.165, 1.54) is 6.07 Å². The third kappa shape index (κ3) is 5.31. The van der Waals surface area contributed by atoms with Crippen molar-refractivity contribution >= 4 is 40.5 Å². The molecule has 0 unspecified atom stereocenters. The molecule has 9 heteroatoms. The van der Waals surface area contributed by atoms with E-state index in [1.807, 2.05) is 9.80 Å². The molecule has 2 aromatic carbocycles. The number of piperazine rings is 1. The third-order valence-corrected chi connectivity index (χ3v) is 5.03. The van der Waals surface area contributed by atoms with Crippen molar-refractivity contribution < 1.29 is 18.0 Å². The van der Waals surface area contributed by atoms with E-state index in [4.69, 9.17) is 23.2 Å². The molecule has 1 aliphatic rings. The maximum atomic E-state index is 12.9. The van der Waals surface area contributed by atoms with Crippen LogP contribution in [0.15, 0.2) is 42.5 Å². The summed E-state index contributed by atoms with van der Waals surface area (Å²) in [6.45, 7) is 2.39. The van der Waals surface area contributed by atoms with Crippen LogP contribution in [-0.4, -0.2) is 43.5 Å². The summed E-state index contributed by atoms with van der Waals surface area (Å²) in [5.41, 5.74) is 0.359. The van der Waals surface area contributed by atoms with E-state index in [0.29, 0.717) is 47.6 Å². The van der Waals surface area contributed by atoms with Gasteiger partial charge in [0.2, 0.25) is 5.91 Å². The first kappa shape index (κ1) is 20.8. The minimum absolute atomic E-state index is 0.176. The van der Waals surface area contributed by atoms with E-state index in [2.05, 4.69) is 5.32 Å². The minimum atomic E-state index is -4.36. The number of anilines is 2. The number of nitrogens with one attached hydrogen (secondary N) is 1. The number of nitrogens with zero attached hydrogens (tertiary/aromatic N) is 2. The lowest BCUT2D eigenvalue weighted by Gasteiger charge is -2.36. The Labute approximate surface area is 170 Å². The minimum Gasteiger partial charge on any atom is -0.369 e. The first-order valence-corrected chi connectivity index (χ1v) is 9.37. The van der Waals surface area contributed by atoms with Crippen molar-refractivity contribution in [2.24, 2.45) is 0 Å². The van der Waals surface area contributed by atoms with Crippen LogP contribution in [0.3, 0.4) is 0 Å². The molecule has 1 fully saturated rings. The van der Waals surface area contributed by atoms with Crippen LogP contribution in [0.4, 0.5) is 24.5 Å². The summed E-state index contributed by atoms with van der Waals surface area (Å²) >= 11 is 11.9. The largest absolute Gasteiger partial charge is 0.416 e. The van der Waals surface area contributed by atoms with Gasteiger partial charge in [-0.05, 0) is 36.4 Å². The number of hydrogen-bond donors (Lipinski definition) is 1. The van der Waals surface area contributed by atoms with Crippen LogP contribution in [0.25, 0.3) is 0 Å². The second-order valence-electron chi connectivity index (χ2n) is 6.48. The van der Waals surface area contributed by atoms with Crippen molar-refractivity contribution in [1.82, 2.24) is 4.90 Å². The Morgan fingerprint density at radius 1 is 1.04 bits per heavy atom. The number of carbonyl (C=O) groups excluding carboxylic acids is 1. The number of halogens is 5. The quantitative estimate of drug-likeness (QED) is 0.756. The van der Waals surface area contributed by atoms with Crippen molar-refractivity contribution in [2.45, 2.75) is 6.18 Å². The van der Waals surface area contributed by atoms with E-state index in [1.54, 1.807) is 24.3 Å². The summed E-state index contributed by atoms with van der Waals surface area (Å²) in [5.74, 6) is -0.211. The Morgan fingerprint density at radius 2 is 1.75 bits per heavy atom. The van der Waals surface area contributed by atoms with E-state index in [0.717, 1.165) is 12.1 Å². The van der Waals surface area contributed by atoms with Gasteiger partial charge in [0.25, 0.3) is 0 Å². The highest BCUT2D eigenvalue weighted by molar-refractivity contribution is 6.36. The van der Waals surface area contributed by atoms with Crippen LogP contribution in [0, 0.1) is 0 Å². The van der Waals surface area contributed by atoms with Crippen LogP contribution in [0.5, 0.6) is 0 Å². The average molecular weight is 432 g/mol. The number of amides is 1. The molecule has 0 atom stereocenters. The van der Waals surface area contributed by atoms with Crippen molar-refractivity contribution in [2.75, 3.05) is 42.9 Å². The molecule has 1 amide bonds. The number of carbonyl (C=O) groups is 1. The zero-order valence-electron chi connectivity index (χ0n) is 14.8. The highest BCUT2D eigenvalue weighted by Gasteiger charge is 2.31. The average Bonchev–Trinajstić information content (AvgIpc) is 2.64. The number of hydrogen-bond acceptors (Lipinski definition) is 3.